The van der Waals surface area contributed by atoms with Gasteiger partial charge in [-0.2, -0.15) is 0 Å². The number of nitrogens with one attached hydrogen (secondary N) is 1. The van der Waals surface area contributed by atoms with E-state index in [4.69, 9.17) is 0 Å². The van der Waals surface area contributed by atoms with E-state index in [1.807, 2.05) is 19.0 Å². The van der Waals surface area contributed by atoms with Crippen LogP contribution in [0, 0.1) is 0 Å². The zero-order valence-corrected chi connectivity index (χ0v) is 12.0. The van der Waals surface area contributed by atoms with Gasteiger partial charge in [0.1, 0.15) is 18.0 Å². The standard InChI is InChI=1S/C13H21N5O/c1-9(2)11-12(14-3)15-8-16-13(11)18-6-5-17(4)10(19)7-18/h8-9H,5-7H2,1-4H3,(H,14,15,16). The molecule has 0 atom stereocenters. The predicted octanol–water partition coefficient (Wildman–Crippen LogP) is 0.920. The van der Waals surface area contributed by atoms with E-state index in [2.05, 4.69) is 29.1 Å². The van der Waals surface area contributed by atoms with Crippen LogP contribution in [0.1, 0.15) is 25.3 Å². The number of carbonyl (C=O) groups excluding carboxylic acids is 1. The van der Waals surface area contributed by atoms with Crippen LogP contribution in [0.25, 0.3) is 0 Å². The summed E-state index contributed by atoms with van der Waals surface area (Å²) in [7, 11) is 3.69. The minimum atomic E-state index is 0.130. The first-order chi connectivity index (χ1) is 9.04. The van der Waals surface area contributed by atoms with Gasteiger partial charge in [-0.15, -0.1) is 0 Å². The van der Waals surface area contributed by atoms with E-state index in [1.54, 1.807) is 11.2 Å². The molecule has 1 aromatic heterocycles. The third-order valence-electron chi connectivity index (χ3n) is 3.43. The van der Waals surface area contributed by atoms with E-state index in [-0.39, 0.29) is 5.91 Å². The van der Waals surface area contributed by atoms with Crippen LogP contribution in [-0.2, 0) is 4.79 Å². The molecule has 0 radical (unpaired) electrons. The van der Waals surface area contributed by atoms with Gasteiger partial charge >= 0.3 is 0 Å². The Morgan fingerprint density at radius 1 is 1.32 bits per heavy atom. The number of piperazine rings is 1. The molecule has 0 bridgehead atoms. The maximum absolute atomic E-state index is 11.8. The van der Waals surface area contributed by atoms with Gasteiger partial charge in [-0.3, -0.25) is 4.79 Å². The highest BCUT2D eigenvalue weighted by Gasteiger charge is 2.26. The van der Waals surface area contributed by atoms with Crippen molar-refractivity contribution < 1.29 is 4.79 Å². The minimum absolute atomic E-state index is 0.130. The van der Waals surface area contributed by atoms with Gasteiger partial charge in [0, 0.05) is 32.7 Å². The number of carbonyl (C=O) groups is 1. The molecule has 1 aliphatic heterocycles. The van der Waals surface area contributed by atoms with Gasteiger partial charge in [0.2, 0.25) is 5.91 Å². The van der Waals surface area contributed by atoms with Crippen LogP contribution in [0.15, 0.2) is 6.33 Å². The Labute approximate surface area is 113 Å². The normalized spacial score (nSPS) is 16.2. The Morgan fingerprint density at radius 3 is 2.63 bits per heavy atom. The van der Waals surface area contributed by atoms with Gasteiger partial charge in [-0.1, -0.05) is 13.8 Å². The van der Waals surface area contributed by atoms with Crippen LogP contribution in [0.4, 0.5) is 11.6 Å². The van der Waals surface area contributed by atoms with E-state index >= 15 is 0 Å². The fourth-order valence-corrected chi connectivity index (χ4v) is 2.31. The highest BCUT2D eigenvalue weighted by molar-refractivity contribution is 5.82. The molecule has 1 aliphatic rings. The van der Waals surface area contributed by atoms with Crippen LogP contribution < -0.4 is 10.2 Å². The van der Waals surface area contributed by atoms with Gasteiger partial charge < -0.3 is 15.1 Å². The van der Waals surface area contributed by atoms with Crippen molar-refractivity contribution in [1.29, 1.82) is 0 Å². The summed E-state index contributed by atoms with van der Waals surface area (Å²) in [5, 5.41) is 3.10. The summed E-state index contributed by atoms with van der Waals surface area (Å²) in [6.07, 6.45) is 1.55. The summed E-state index contributed by atoms with van der Waals surface area (Å²) < 4.78 is 0. The second kappa shape index (κ2) is 5.42. The quantitative estimate of drug-likeness (QED) is 0.878. The second-order valence-electron chi connectivity index (χ2n) is 5.10. The van der Waals surface area contributed by atoms with Gasteiger partial charge in [0.15, 0.2) is 0 Å². The van der Waals surface area contributed by atoms with Crippen molar-refractivity contribution in [3.8, 4) is 0 Å². The number of hydrogen-bond acceptors (Lipinski definition) is 5. The third kappa shape index (κ3) is 2.62. The largest absolute Gasteiger partial charge is 0.373 e. The molecule has 0 saturated carbocycles. The Balaban J connectivity index is 2.36. The lowest BCUT2D eigenvalue weighted by molar-refractivity contribution is -0.129. The first-order valence-corrected chi connectivity index (χ1v) is 6.56. The van der Waals surface area contributed by atoms with Crippen molar-refractivity contribution in [1.82, 2.24) is 14.9 Å². The monoisotopic (exact) mass is 263 g/mol. The summed E-state index contributed by atoms with van der Waals surface area (Å²) in [4.78, 5) is 24.3. The Kier molecular flexibility index (Phi) is 3.87. The molecule has 0 spiro atoms. The number of aromatic nitrogens is 2. The number of nitrogens with zero attached hydrogens (tertiary/aromatic N) is 4. The lowest BCUT2D eigenvalue weighted by Gasteiger charge is -2.34. The van der Waals surface area contributed by atoms with E-state index in [1.165, 1.54) is 0 Å². The highest BCUT2D eigenvalue weighted by Crippen LogP contribution is 2.30. The number of anilines is 2. The van der Waals surface area contributed by atoms with Crippen molar-refractivity contribution in [3.63, 3.8) is 0 Å². The Bertz CT molecular complexity index is 474. The zero-order chi connectivity index (χ0) is 14.0. The maximum Gasteiger partial charge on any atom is 0.241 e. The zero-order valence-electron chi connectivity index (χ0n) is 12.0. The van der Waals surface area contributed by atoms with Gasteiger partial charge in [-0.25, -0.2) is 9.97 Å². The molecule has 1 aromatic rings. The molecule has 6 heteroatoms. The van der Waals surface area contributed by atoms with E-state index in [9.17, 15) is 4.79 Å². The summed E-state index contributed by atoms with van der Waals surface area (Å²) >= 11 is 0. The lowest BCUT2D eigenvalue weighted by atomic mass is 10.0. The van der Waals surface area contributed by atoms with Gasteiger partial charge in [0.25, 0.3) is 0 Å². The van der Waals surface area contributed by atoms with E-state index in [0.717, 1.165) is 30.3 Å². The Morgan fingerprint density at radius 2 is 2.05 bits per heavy atom. The maximum atomic E-state index is 11.8. The van der Waals surface area contributed by atoms with Crippen molar-refractivity contribution in [2.45, 2.75) is 19.8 Å². The number of hydrogen-bond donors (Lipinski definition) is 1. The molecular formula is C13H21N5O. The van der Waals surface area contributed by atoms with Crippen molar-refractivity contribution in [2.75, 3.05) is 43.9 Å². The first-order valence-electron chi connectivity index (χ1n) is 6.56. The van der Waals surface area contributed by atoms with Crippen molar-refractivity contribution in [2.24, 2.45) is 0 Å². The van der Waals surface area contributed by atoms with Crippen LogP contribution in [0.2, 0.25) is 0 Å². The fraction of sp³-hybridized carbons (Fsp3) is 0.615. The molecule has 0 unspecified atom stereocenters. The highest BCUT2D eigenvalue weighted by atomic mass is 16.2. The number of amides is 1. The molecular weight excluding hydrogens is 242 g/mol. The molecule has 0 aromatic carbocycles. The summed E-state index contributed by atoms with van der Waals surface area (Å²) in [6.45, 7) is 6.15. The SMILES string of the molecule is CNc1ncnc(N2CCN(C)C(=O)C2)c1C(C)C. The summed E-state index contributed by atoms with van der Waals surface area (Å²) in [5.74, 6) is 2.14. The third-order valence-corrected chi connectivity index (χ3v) is 3.43. The smallest absolute Gasteiger partial charge is 0.241 e. The van der Waals surface area contributed by atoms with Crippen LogP contribution in [0.5, 0.6) is 0 Å². The fourth-order valence-electron chi connectivity index (χ4n) is 2.31. The average Bonchev–Trinajstić information content (AvgIpc) is 2.40. The van der Waals surface area contributed by atoms with E-state index in [0.29, 0.717) is 12.5 Å². The Hall–Kier alpha value is -1.85. The predicted molar refractivity (Wildman–Crippen MR) is 75.5 cm³/mol. The van der Waals surface area contributed by atoms with Crippen molar-refractivity contribution >= 4 is 17.5 Å². The second-order valence-corrected chi connectivity index (χ2v) is 5.10. The molecule has 2 rings (SSSR count). The van der Waals surface area contributed by atoms with E-state index < -0.39 is 0 Å². The molecule has 104 valence electrons. The lowest BCUT2D eigenvalue weighted by Crippen LogP contribution is -2.49. The summed E-state index contributed by atoms with van der Waals surface area (Å²) in [6, 6.07) is 0. The summed E-state index contributed by atoms with van der Waals surface area (Å²) in [5.41, 5.74) is 1.07. The average molecular weight is 263 g/mol. The van der Waals surface area contributed by atoms with Gasteiger partial charge in [0.05, 0.1) is 6.54 Å². The van der Waals surface area contributed by atoms with Crippen molar-refractivity contribution in [3.05, 3.63) is 11.9 Å². The van der Waals surface area contributed by atoms with Crippen LogP contribution in [0.3, 0.4) is 0 Å². The van der Waals surface area contributed by atoms with Crippen LogP contribution >= 0.6 is 0 Å². The molecule has 1 amide bonds. The first kappa shape index (κ1) is 13.6. The molecule has 1 saturated heterocycles. The van der Waals surface area contributed by atoms with Gasteiger partial charge in [-0.05, 0) is 5.92 Å². The molecule has 0 aliphatic carbocycles. The van der Waals surface area contributed by atoms with Crippen LogP contribution in [-0.4, -0.2) is 54.5 Å². The molecule has 19 heavy (non-hydrogen) atoms. The minimum Gasteiger partial charge on any atom is -0.373 e. The number of rotatable bonds is 3. The molecule has 1 N–H and O–H groups in total. The molecule has 2 heterocycles. The number of likely N-dealkylation sites (N-methyl/N-ethyl adjacent to an activating group) is 1. The topological polar surface area (TPSA) is 61.4 Å². The molecule has 1 fully saturated rings. The molecule has 6 nitrogen and oxygen atoms in total.